The summed E-state index contributed by atoms with van der Waals surface area (Å²) in [5.74, 6) is 0.739. The molecular formula is C22H26N6O5S. The first-order valence-electron chi connectivity index (χ1n) is 10.7. The normalized spacial score (nSPS) is 15.2. The van der Waals surface area contributed by atoms with Crippen LogP contribution >= 0.6 is 0 Å². The van der Waals surface area contributed by atoms with Gasteiger partial charge in [0, 0.05) is 38.4 Å². The van der Waals surface area contributed by atoms with Crippen molar-refractivity contribution in [1.29, 1.82) is 0 Å². The topological polar surface area (TPSA) is 123 Å². The number of benzene rings is 2. The first-order chi connectivity index (χ1) is 16.3. The maximum atomic E-state index is 13.0. The van der Waals surface area contributed by atoms with Crippen LogP contribution in [0, 0.1) is 10.1 Å². The molecule has 34 heavy (non-hydrogen) atoms. The number of hydrogen-bond acceptors (Lipinski definition) is 8. The number of piperazine rings is 1. The number of aromatic nitrogens is 2. The van der Waals surface area contributed by atoms with E-state index in [1.165, 1.54) is 16.4 Å². The average Bonchev–Trinajstić information content (AvgIpc) is 3.32. The first-order valence-corrected chi connectivity index (χ1v) is 12.1. The first kappa shape index (κ1) is 23.7. The molecule has 3 aromatic rings. The Morgan fingerprint density at radius 2 is 1.79 bits per heavy atom. The Labute approximate surface area is 197 Å². The summed E-state index contributed by atoms with van der Waals surface area (Å²) in [6.07, 6.45) is 1.79. The van der Waals surface area contributed by atoms with Gasteiger partial charge in [0.15, 0.2) is 0 Å². The van der Waals surface area contributed by atoms with Crippen LogP contribution in [0.15, 0.2) is 59.6 Å². The van der Waals surface area contributed by atoms with Gasteiger partial charge in [-0.3, -0.25) is 10.1 Å². The minimum atomic E-state index is -3.81. The molecule has 4 rings (SSSR count). The van der Waals surface area contributed by atoms with Crippen molar-refractivity contribution in [1.82, 2.24) is 19.0 Å². The minimum absolute atomic E-state index is 0.0851. The Bertz CT molecular complexity index is 1270. The second-order valence-electron chi connectivity index (χ2n) is 7.95. The molecule has 12 heteroatoms. The maximum Gasteiger partial charge on any atom is 0.293 e. The Morgan fingerprint density at radius 3 is 2.44 bits per heavy atom. The quantitative estimate of drug-likeness (QED) is 0.380. The Kier molecular flexibility index (Phi) is 6.82. The van der Waals surface area contributed by atoms with Gasteiger partial charge in [-0.05, 0) is 49.5 Å². The smallest absolute Gasteiger partial charge is 0.293 e. The SMILES string of the molecule is COc1ccc(-n2ccc(CNc3ccc(S(=O)(=O)N4CCN(C)CC4)cc3[N+](=O)[O-])n2)cc1. The van der Waals surface area contributed by atoms with Crippen molar-refractivity contribution in [2.45, 2.75) is 11.4 Å². The molecule has 1 aromatic heterocycles. The Balaban J connectivity index is 1.49. The van der Waals surface area contributed by atoms with Crippen LogP contribution in [-0.2, 0) is 16.6 Å². The van der Waals surface area contributed by atoms with Crippen molar-refractivity contribution < 1.29 is 18.1 Å². The zero-order chi connectivity index (χ0) is 24.3. The standard InChI is InChI=1S/C22H26N6O5S/c1-25-11-13-26(14-12-25)34(31,32)20-7-8-21(22(15-20)28(29)30)23-16-17-9-10-27(24-17)18-3-5-19(33-2)6-4-18/h3-10,15,23H,11-14,16H2,1-2H3. The number of ether oxygens (including phenoxy) is 1. The van der Waals surface area contributed by atoms with Crippen LogP contribution < -0.4 is 10.1 Å². The monoisotopic (exact) mass is 486 g/mol. The van der Waals surface area contributed by atoms with Gasteiger partial charge in [0.25, 0.3) is 5.69 Å². The number of methoxy groups -OCH3 is 1. The summed E-state index contributed by atoms with van der Waals surface area (Å²) >= 11 is 0. The third-order valence-electron chi connectivity index (χ3n) is 5.71. The molecular weight excluding hydrogens is 460 g/mol. The van der Waals surface area contributed by atoms with Gasteiger partial charge < -0.3 is 15.0 Å². The van der Waals surface area contributed by atoms with Gasteiger partial charge in [0.1, 0.15) is 11.4 Å². The summed E-state index contributed by atoms with van der Waals surface area (Å²) in [5.41, 5.74) is 1.43. The van der Waals surface area contributed by atoms with Crippen LogP contribution in [0.4, 0.5) is 11.4 Å². The lowest BCUT2D eigenvalue weighted by atomic mass is 10.2. The van der Waals surface area contributed by atoms with Gasteiger partial charge >= 0.3 is 0 Å². The van der Waals surface area contributed by atoms with Gasteiger partial charge in [-0.15, -0.1) is 0 Å². The summed E-state index contributed by atoms with van der Waals surface area (Å²) in [4.78, 5) is 13.1. The van der Waals surface area contributed by atoms with Crippen molar-refractivity contribution in [2.24, 2.45) is 0 Å². The molecule has 1 aliphatic rings. The molecule has 0 saturated carbocycles. The van der Waals surface area contributed by atoms with E-state index in [-0.39, 0.29) is 22.8 Å². The fourth-order valence-corrected chi connectivity index (χ4v) is 5.11. The molecule has 1 N–H and O–H groups in total. The van der Waals surface area contributed by atoms with Crippen molar-refractivity contribution in [3.05, 3.63) is 70.5 Å². The molecule has 180 valence electrons. The minimum Gasteiger partial charge on any atom is -0.497 e. The summed E-state index contributed by atoms with van der Waals surface area (Å²) in [6, 6.07) is 13.1. The number of hydrogen-bond donors (Lipinski definition) is 1. The third kappa shape index (κ3) is 5.03. The molecule has 2 aromatic carbocycles. The predicted octanol–water partition coefficient (Wildman–Crippen LogP) is 2.34. The number of sulfonamides is 1. The largest absolute Gasteiger partial charge is 0.497 e. The summed E-state index contributed by atoms with van der Waals surface area (Å²) in [5, 5.41) is 19.2. The molecule has 1 aliphatic heterocycles. The molecule has 0 aliphatic carbocycles. The summed E-state index contributed by atoms with van der Waals surface area (Å²) < 4.78 is 34.2. The highest BCUT2D eigenvalue weighted by molar-refractivity contribution is 7.89. The van der Waals surface area contributed by atoms with Crippen molar-refractivity contribution >= 4 is 21.4 Å². The van der Waals surface area contributed by atoms with Crippen molar-refractivity contribution in [3.8, 4) is 11.4 Å². The number of likely N-dealkylation sites (N-methyl/N-ethyl adjacent to an activating group) is 1. The molecule has 0 spiro atoms. The molecule has 1 saturated heterocycles. The second kappa shape index (κ2) is 9.79. The second-order valence-corrected chi connectivity index (χ2v) is 9.88. The molecule has 0 radical (unpaired) electrons. The van der Waals surface area contributed by atoms with Crippen LogP contribution in [0.1, 0.15) is 5.69 Å². The van der Waals surface area contributed by atoms with E-state index in [0.29, 0.717) is 31.9 Å². The summed E-state index contributed by atoms with van der Waals surface area (Å²) in [7, 11) is -0.285. The Morgan fingerprint density at radius 1 is 1.09 bits per heavy atom. The third-order valence-corrected chi connectivity index (χ3v) is 7.60. The van der Waals surface area contributed by atoms with Crippen LogP contribution in [0.5, 0.6) is 5.75 Å². The van der Waals surface area contributed by atoms with Crippen LogP contribution in [0.25, 0.3) is 5.69 Å². The number of rotatable bonds is 8. The molecule has 0 bridgehead atoms. The van der Waals surface area contributed by atoms with E-state index in [1.54, 1.807) is 24.1 Å². The van der Waals surface area contributed by atoms with E-state index < -0.39 is 14.9 Å². The van der Waals surface area contributed by atoms with E-state index in [2.05, 4.69) is 10.4 Å². The highest BCUT2D eigenvalue weighted by Gasteiger charge is 2.29. The average molecular weight is 487 g/mol. The zero-order valence-corrected chi connectivity index (χ0v) is 19.7. The molecule has 2 heterocycles. The van der Waals surface area contributed by atoms with E-state index in [1.807, 2.05) is 36.2 Å². The van der Waals surface area contributed by atoms with Crippen LogP contribution in [0.2, 0.25) is 0 Å². The van der Waals surface area contributed by atoms with Gasteiger partial charge in [-0.2, -0.15) is 9.40 Å². The van der Waals surface area contributed by atoms with Crippen molar-refractivity contribution in [3.63, 3.8) is 0 Å². The summed E-state index contributed by atoms with van der Waals surface area (Å²) in [6.45, 7) is 2.16. The van der Waals surface area contributed by atoms with E-state index in [0.717, 1.165) is 17.5 Å². The number of nitrogens with one attached hydrogen (secondary N) is 1. The van der Waals surface area contributed by atoms with E-state index in [9.17, 15) is 18.5 Å². The van der Waals surface area contributed by atoms with Crippen LogP contribution in [-0.4, -0.2) is 72.7 Å². The molecule has 0 atom stereocenters. The number of anilines is 1. The molecule has 1 fully saturated rings. The number of nitro groups is 1. The van der Waals surface area contributed by atoms with E-state index in [4.69, 9.17) is 4.74 Å². The maximum absolute atomic E-state index is 13.0. The molecule has 0 amide bonds. The van der Waals surface area contributed by atoms with Gasteiger partial charge in [-0.25, -0.2) is 13.1 Å². The van der Waals surface area contributed by atoms with E-state index >= 15 is 0 Å². The predicted molar refractivity (Wildman–Crippen MR) is 127 cm³/mol. The fourth-order valence-electron chi connectivity index (χ4n) is 3.67. The number of nitrogens with zero attached hydrogens (tertiary/aromatic N) is 5. The zero-order valence-electron chi connectivity index (χ0n) is 18.9. The lowest BCUT2D eigenvalue weighted by Gasteiger charge is -2.31. The highest BCUT2D eigenvalue weighted by Crippen LogP contribution is 2.29. The molecule has 11 nitrogen and oxygen atoms in total. The number of nitro benzene ring substituents is 1. The Hall–Kier alpha value is -3.48. The van der Waals surface area contributed by atoms with Gasteiger partial charge in [0.05, 0.1) is 34.9 Å². The molecule has 0 unspecified atom stereocenters. The van der Waals surface area contributed by atoms with Gasteiger partial charge in [0.2, 0.25) is 10.0 Å². The fraction of sp³-hybridized carbons (Fsp3) is 0.318. The lowest BCUT2D eigenvalue weighted by molar-refractivity contribution is -0.384. The highest BCUT2D eigenvalue weighted by atomic mass is 32.2. The van der Waals surface area contributed by atoms with Crippen molar-refractivity contribution in [2.75, 3.05) is 45.7 Å². The van der Waals surface area contributed by atoms with Gasteiger partial charge in [-0.1, -0.05) is 0 Å². The van der Waals surface area contributed by atoms with Crippen LogP contribution in [0.3, 0.4) is 0 Å². The lowest BCUT2D eigenvalue weighted by Crippen LogP contribution is -2.47.